The molecule has 0 aliphatic rings. The first-order valence-corrected chi connectivity index (χ1v) is 9.05. The van der Waals surface area contributed by atoms with E-state index in [9.17, 15) is 22.8 Å². The smallest absolute Gasteiger partial charge is 0.416 e. The number of nitrogens with zero attached hydrogens (tertiary/aromatic N) is 3. The third kappa shape index (κ3) is 4.51. The normalized spacial score (nSPS) is 11.3. The summed E-state index contributed by atoms with van der Waals surface area (Å²) in [6.45, 7) is 0. The Labute approximate surface area is 177 Å². The van der Waals surface area contributed by atoms with Gasteiger partial charge in [0.1, 0.15) is 5.75 Å². The van der Waals surface area contributed by atoms with E-state index in [1.165, 1.54) is 35.0 Å². The van der Waals surface area contributed by atoms with Crippen LogP contribution in [-0.4, -0.2) is 31.6 Å². The number of benzene rings is 2. The summed E-state index contributed by atoms with van der Waals surface area (Å²) in [5.41, 5.74) is -0.630. The van der Waals surface area contributed by atoms with Crippen molar-refractivity contribution in [3.63, 3.8) is 0 Å². The van der Waals surface area contributed by atoms with Gasteiger partial charge in [0.2, 0.25) is 5.88 Å². The lowest BCUT2D eigenvalue weighted by Gasteiger charge is -2.10. The lowest BCUT2D eigenvalue weighted by atomic mass is 10.1. The van der Waals surface area contributed by atoms with E-state index in [0.29, 0.717) is 11.3 Å². The van der Waals surface area contributed by atoms with Crippen molar-refractivity contribution < 1.29 is 32.6 Å². The molecule has 0 bridgehead atoms. The maximum atomic E-state index is 12.9. The van der Waals surface area contributed by atoms with Crippen LogP contribution in [0.3, 0.4) is 0 Å². The molecule has 0 spiro atoms. The molecule has 2 N–H and O–H groups in total. The Morgan fingerprint density at radius 1 is 1.03 bits per heavy atom. The lowest BCUT2D eigenvalue weighted by molar-refractivity contribution is -0.137. The zero-order valence-corrected chi connectivity index (χ0v) is 16.0. The SMILES string of the molecule is O=C(Nc1cccc(Oc2ccc3nc(C(=O)O)cn3n2)c1)c1cccc(C(F)(F)F)c1. The van der Waals surface area contributed by atoms with Crippen LogP contribution in [0, 0.1) is 0 Å². The van der Waals surface area contributed by atoms with Gasteiger partial charge in [-0.25, -0.2) is 14.3 Å². The monoisotopic (exact) mass is 442 g/mol. The number of hydrogen-bond acceptors (Lipinski definition) is 5. The zero-order chi connectivity index (χ0) is 22.9. The Kier molecular flexibility index (Phi) is 5.23. The molecule has 11 heteroatoms. The van der Waals surface area contributed by atoms with Gasteiger partial charge in [-0.15, -0.1) is 5.10 Å². The van der Waals surface area contributed by atoms with Gasteiger partial charge in [-0.1, -0.05) is 12.1 Å². The van der Waals surface area contributed by atoms with Crippen LogP contribution in [0.5, 0.6) is 11.6 Å². The van der Waals surface area contributed by atoms with Crippen molar-refractivity contribution in [1.82, 2.24) is 14.6 Å². The predicted molar refractivity (Wildman–Crippen MR) is 106 cm³/mol. The molecule has 4 rings (SSSR count). The van der Waals surface area contributed by atoms with Crippen LogP contribution in [0.15, 0.2) is 66.9 Å². The number of carbonyl (C=O) groups is 2. The highest BCUT2D eigenvalue weighted by atomic mass is 19.4. The number of amides is 1. The number of carbonyl (C=O) groups excluding carboxylic acids is 1. The number of aromatic carboxylic acids is 1. The summed E-state index contributed by atoms with van der Waals surface area (Å²) in [5.74, 6) is -1.49. The van der Waals surface area contributed by atoms with E-state index >= 15 is 0 Å². The van der Waals surface area contributed by atoms with Crippen LogP contribution in [0.2, 0.25) is 0 Å². The molecule has 8 nitrogen and oxygen atoms in total. The van der Waals surface area contributed by atoms with Crippen molar-refractivity contribution in [2.24, 2.45) is 0 Å². The van der Waals surface area contributed by atoms with Crippen LogP contribution in [0.25, 0.3) is 5.65 Å². The number of fused-ring (bicyclic) bond motifs is 1. The molecule has 0 saturated heterocycles. The fourth-order valence-electron chi connectivity index (χ4n) is 2.82. The van der Waals surface area contributed by atoms with Crippen molar-refractivity contribution in [1.29, 1.82) is 0 Å². The summed E-state index contributed by atoms with van der Waals surface area (Å²) in [4.78, 5) is 27.3. The van der Waals surface area contributed by atoms with E-state index < -0.39 is 23.6 Å². The number of carboxylic acids is 1. The fourth-order valence-corrected chi connectivity index (χ4v) is 2.82. The number of alkyl halides is 3. The van der Waals surface area contributed by atoms with Gasteiger partial charge < -0.3 is 15.2 Å². The van der Waals surface area contributed by atoms with E-state index in [1.807, 2.05) is 0 Å². The third-order valence-corrected chi connectivity index (χ3v) is 4.28. The Bertz CT molecular complexity index is 1330. The van der Waals surface area contributed by atoms with Crippen molar-refractivity contribution in [2.75, 3.05) is 5.32 Å². The summed E-state index contributed by atoms with van der Waals surface area (Å²) >= 11 is 0. The summed E-state index contributed by atoms with van der Waals surface area (Å²) in [6, 6.07) is 13.3. The first-order valence-electron chi connectivity index (χ1n) is 9.05. The average Bonchev–Trinajstić information content (AvgIpc) is 3.17. The van der Waals surface area contributed by atoms with E-state index in [0.717, 1.165) is 18.2 Å². The minimum atomic E-state index is -4.56. The van der Waals surface area contributed by atoms with Crippen LogP contribution in [0.1, 0.15) is 26.4 Å². The highest BCUT2D eigenvalue weighted by molar-refractivity contribution is 6.04. The first kappa shape index (κ1) is 20.8. The van der Waals surface area contributed by atoms with Gasteiger partial charge in [0.15, 0.2) is 11.3 Å². The van der Waals surface area contributed by atoms with Crippen LogP contribution < -0.4 is 10.1 Å². The summed E-state index contributed by atoms with van der Waals surface area (Å²) in [5, 5.41) is 15.6. The number of imidazole rings is 1. The molecule has 0 radical (unpaired) electrons. The number of aromatic nitrogens is 3. The molecule has 0 aliphatic heterocycles. The summed E-state index contributed by atoms with van der Waals surface area (Å²) in [7, 11) is 0. The number of anilines is 1. The van der Waals surface area contributed by atoms with Crippen molar-refractivity contribution in [3.05, 3.63) is 83.7 Å². The average molecular weight is 442 g/mol. The second-order valence-electron chi connectivity index (χ2n) is 6.57. The number of carboxylic acid groups (broad SMARTS) is 1. The van der Waals surface area contributed by atoms with E-state index in [-0.39, 0.29) is 22.9 Å². The van der Waals surface area contributed by atoms with Crippen molar-refractivity contribution in [2.45, 2.75) is 6.18 Å². The van der Waals surface area contributed by atoms with Crippen molar-refractivity contribution >= 4 is 23.2 Å². The maximum absolute atomic E-state index is 12.9. The molecule has 162 valence electrons. The van der Waals surface area contributed by atoms with Gasteiger partial charge in [-0.2, -0.15) is 13.2 Å². The van der Waals surface area contributed by atoms with Crippen LogP contribution >= 0.6 is 0 Å². The Morgan fingerprint density at radius 3 is 2.56 bits per heavy atom. The fraction of sp³-hybridized carbons (Fsp3) is 0.0476. The molecule has 2 heterocycles. The minimum absolute atomic E-state index is 0.133. The molecule has 0 fully saturated rings. The zero-order valence-electron chi connectivity index (χ0n) is 16.0. The molecular weight excluding hydrogens is 429 g/mol. The second kappa shape index (κ2) is 8.02. The van der Waals surface area contributed by atoms with Gasteiger partial charge in [-0.05, 0) is 36.4 Å². The van der Waals surface area contributed by atoms with E-state index in [2.05, 4.69) is 15.4 Å². The largest absolute Gasteiger partial charge is 0.476 e. The molecule has 0 aliphatic carbocycles. The number of nitrogens with one attached hydrogen (secondary N) is 1. The molecule has 2 aromatic heterocycles. The number of halogens is 3. The molecule has 32 heavy (non-hydrogen) atoms. The Hall–Kier alpha value is -4.41. The molecule has 0 saturated carbocycles. The molecular formula is C21H13F3N4O4. The van der Waals surface area contributed by atoms with Gasteiger partial charge in [-0.3, -0.25) is 4.79 Å². The van der Waals surface area contributed by atoms with Gasteiger partial charge in [0.05, 0.1) is 11.8 Å². The lowest BCUT2D eigenvalue weighted by Crippen LogP contribution is -2.13. The standard InChI is InChI=1S/C21H13F3N4O4/c22-21(23,24)13-4-1-3-12(9-13)19(29)25-14-5-2-6-15(10-14)32-18-8-7-17-26-16(20(30)31)11-28(17)27-18/h1-11H,(H,25,29)(H,30,31). The highest BCUT2D eigenvalue weighted by Crippen LogP contribution is 2.30. The molecule has 2 aromatic carbocycles. The third-order valence-electron chi connectivity index (χ3n) is 4.28. The van der Waals surface area contributed by atoms with Crippen LogP contribution in [0.4, 0.5) is 18.9 Å². The Morgan fingerprint density at radius 2 is 1.81 bits per heavy atom. The highest BCUT2D eigenvalue weighted by Gasteiger charge is 2.30. The molecule has 1 amide bonds. The topological polar surface area (TPSA) is 106 Å². The quantitative estimate of drug-likeness (QED) is 0.472. The van der Waals surface area contributed by atoms with E-state index in [1.54, 1.807) is 18.2 Å². The molecule has 4 aromatic rings. The van der Waals surface area contributed by atoms with E-state index in [4.69, 9.17) is 9.84 Å². The second-order valence-corrected chi connectivity index (χ2v) is 6.57. The molecule has 0 unspecified atom stereocenters. The van der Waals surface area contributed by atoms with Gasteiger partial charge >= 0.3 is 12.1 Å². The summed E-state index contributed by atoms with van der Waals surface area (Å²) < 4.78 is 45.5. The number of ether oxygens (including phenoxy) is 1. The first-order chi connectivity index (χ1) is 15.2. The predicted octanol–water partition coefficient (Wildman–Crippen LogP) is 4.49. The molecule has 0 atom stereocenters. The summed E-state index contributed by atoms with van der Waals surface area (Å²) in [6.07, 6.45) is -3.32. The number of hydrogen-bond donors (Lipinski definition) is 2. The Balaban J connectivity index is 1.51. The van der Waals surface area contributed by atoms with Crippen LogP contribution in [-0.2, 0) is 6.18 Å². The minimum Gasteiger partial charge on any atom is -0.476 e. The van der Waals surface area contributed by atoms with Crippen molar-refractivity contribution in [3.8, 4) is 11.6 Å². The maximum Gasteiger partial charge on any atom is 0.416 e. The van der Waals surface area contributed by atoms with Gasteiger partial charge in [0, 0.05) is 23.4 Å². The van der Waals surface area contributed by atoms with Gasteiger partial charge in [0.25, 0.3) is 5.91 Å². The number of rotatable bonds is 5.